The molecule has 0 spiro atoms. The second-order valence-corrected chi connectivity index (χ2v) is 7.99. The molecule has 7 heteroatoms. The highest BCUT2D eigenvalue weighted by molar-refractivity contribution is 7.98. The van der Waals surface area contributed by atoms with E-state index in [2.05, 4.69) is 4.98 Å². The van der Waals surface area contributed by atoms with Gasteiger partial charge in [-0.25, -0.2) is 9.37 Å². The first kappa shape index (κ1) is 19.4. The molecule has 3 aromatic carbocycles. The fourth-order valence-electron chi connectivity index (χ4n) is 3.59. The summed E-state index contributed by atoms with van der Waals surface area (Å²) in [6.45, 7) is 0. The minimum atomic E-state index is -0.289. The molecule has 154 valence electrons. The molecule has 5 aromatic rings. The van der Waals surface area contributed by atoms with Crippen LogP contribution < -0.4 is 10.3 Å². The molecule has 1 N–H and O–H groups in total. The number of halogens is 1. The minimum absolute atomic E-state index is 0.198. The van der Waals surface area contributed by atoms with Crippen molar-refractivity contribution >= 4 is 33.7 Å². The van der Waals surface area contributed by atoms with Crippen molar-refractivity contribution in [1.82, 2.24) is 14.5 Å². The van der Waals surface area contributed by atoms with E-state index in [1.807, 2.05) is 48.5 Å². The molecule has 0 aliphatic heterocycles. The average molecular weight is 431 g/mol. The van der Waals surface area contributed by atoms with Crippen LogP contribution >= 0.6 is 11.8 Å². The lowest BCUT2D eigenvalue weighted by Crippen LogP contribution is -2.21. The summed E-state index contributed by atoms with van der Waals surface area (Å²) in [5.41, 5.74) is 3.19. The van der Waals surface area contributed by atoms with Crippen LogP contribution in [0.2, 0.25) is 0 Å². The van der Waals surface area contributed by atoms with Crippen LogP contribution in [0, 0.1) is 5.82 Å². The second-order valence-electron chi connectivity index (χ2n) is 7.05. The molecule has 0 saturated heterocycles. The predicted molar refractivity (Wildman–Crippen MR) is 122 cm³/mol. The number of thioether (sulfide) groups is 1. The third-order valence-corrected chi connectivity index (χ3v) is 6.07. The number of H-pyrrole nitrogens is 1. The molecule has 0 saturated carbocycles. The zero-order valence-corrected chi connectivity index (χ0v) is 17.4. The molecule has 0 fully saturated rings. The Kier molecular flexibility index (Phi) is 4.95. The van der Waals surface area contributed by atoms with Crippen molar-refractivity contribution in [3.8, 4) is 11.4 Å². The minimum Gasteiger partial charge on any atom is -0.497 e. The Morgan fingerprint density at radius 2 is 1.90 bits per heavy atom. The van der Waals surface area contributed by atoms with Crippen LogP contribution in [0.3, 0.4) is 0 Å². The molecule has 2 aromatic heterocycles. The molecule has 31 heavy (non-hydrogen) atoms. The van der Waals surface area contributed by atoms with Crippen LogP contribution in [0.4, 0.5) is 4.39 Å². The van der Waals surface area contributed by atoms with Gasteiger partial charge >= 0.3 is 0 Å². The average Bonchev–Trinajstić information content (AvgIpc) is 3.17. The molecule has 0 amide bonds. The van der Waals surface area contributed by atoms with E-state index in [-0.39, 0.29) is 11.4 Å². The number of benzene rings is 3. The number of aromatic nitrogens is 3. The number of hydrogen-bond acceptors (Lipinski definition) is 4. The highest BCUT2D eigenvalue weighted by Gasteiger charge is 2.17. The third-order valence-electron chi connectivity index (χ3n) is 5.06. The molecule has 0 radical (unpaired) electrons. The van der Waals surface area contributed by atoms with Gasteiger partial charge in [0.1, 0.15) is 22.6 Å². The van der Waals surface area contributed by atoms with Crippen molar-refractivity contribution in [2.75, 3.05) is 7.11 Å². The number of rotatable bonds is 5. The lowest BCUT2D eigenvalue weighted by atomic mass is 10.2. The quantitative estimate of drug-likeness (QED) is 0.303. The molecule has 0 aliphatic carbocycles. The van der Waals surface area contributed by atoms with Crippen LogP contribution in [0.5, 0.6) is 5.75 Å². The van der Waals surface area contributed by atoms with E-state index < -0.39 is 0 Å². The molecular formula is C24H18FN3O2S. The Labute approximate surface area is 181 Å². The largest absolute Gasteiger partial charge is 0.497 e. The van der Waals surface area contributed by atoms with Gasteiger partial charge in [-0.1, -0.05) is 48.2 Å². The molecule has 0 unspecified atom stereocenters. The van der Waals surface area contributed by atoms with Crippen molar-refractivity contribution in [3.05, 3.63) is 94.5 Å². The maximum absolute atomic E-state index is 13.6. The summed E-state index contributed by atoms with van der Waals surface area (Å²) in [6, 6.07) is 21.4. The summed E-state index contributed by atoms with van der Waals surface area (Å²) < 4.78 is 20.5. The first-order chi connectivity index (χ1) is 15.1. The van der Waals surface area contributed by atoms with Crippen LogP contribution in [0.25, 0.3) is 27.6 Å². The predicted octanol–water partition coefficient (Wildman–Crippen LogP) is 5.31. The van der Waals surface area contributed by atoms with Gasteiger partial charge in [0.15, 0.2) is 5.16 Å². The molecule has 0 atom stereocenters. The Morgan fingerprint density at radius 1 is 1.06 bits per heavy atom. The number of aromatic amines is 1. The number of hydrogen-bond donors (Lipinski definition) is 1. The van der Waals surface area contributed by atoms with Gasteiger partial charge in [0.05, 0.1) is 12.8 Å². The molecule has 5 rings (SSSR count). The Hall–Kier alpha value is -3.58. The summed E-state index contributed by atoms with van der Waals surface area (Å²) >= 11 is 1.39. The monoisotopic (exact) mass is 431 g/mol. The molecule has 0 bridgehead atoms. The van der Waals surface area contributed by atoms with Crippen LogP contribution in [-0.2, 0) is 5.75 Å². The van der Waals surface area contributed by atoms with Crippen molar-refractivity contribution in [2.45, 2.75) is 10.9 Å². The van der Waals surface area contributed by atoms with E-state index in [1.54, 1.807) is 23.8 Å². The maximum atomic E-state index is 13.6. The van der Waals surface area contributed by atoms with Crippen LogP contribution in [-0.4, -0.2) is 21.6 Å². The zero-order chi connectivity index (χ0) is 21.4. The summed E-state index contributed by atoms with van der Waals surface area (Å²) in [4.78, 5) is 21.6. The van der Waals surface area contributed by atoms with Gasteiger partial charge in [-0.3, -0.25) is 9.36 Å². The van der Waals surface area contributed by atoms with Gasteiger partial charge in [0.25, 0.3) is 5.56 Å². The first-order valence-corrected chi connectivity index (χ1v) is 10.7. The van der Waals surface area contributed by atoms with Gasteiger partial charge in [-0.15, -0.1) is 0 Å². The Balaban J connectivity index is 1.71. The number of methoxy groups -OCH3 is 1. The lowest BCUT2D eigenvalue weighted by Gasteiger charge is -2.13. The van der Waals surface area contributed by atoms with Crippen molar-refractivity contribution < 1.29 is 9.13 Å². The second kappa shape index (κ2) is 7.92. The van der Waals surface area contributed by atoms with Crippen molar-refractivity contribution in [1.29, 1.82) is 0 Å². The summed E-state index contributed by atoms with van der Waals surface area (Å²) in [6.07, 6.45) is 0. The normalized spacial score (nSPS) is 11.3. The topological polar surface area (TPSA) is 59.9 Å². The van der Waals surface area contributed by atoms with Crippen molar-refractivity contribution in [2.24, 2.45) is 0 Å². The molecular weight excluding hydrogens is 413 g/mol. The van der Waals surface area contributed by atoms with E-state index in [9.17, 15) is 9.18 Å². The summed E-state index contributed by atoms with van der Waals surface area (Å²) in [5, 5.41) is 1.42. The number of nitrogens with zero attached hydrogens (tertiary/aromatic N) is 2. The third kappa shape index (κ3) is 3.57. The SMILES string of the molecule is COc1cccc(-n2c(SCc3cccc(F)c3)nc3c([nH]c4ccccc43)c2=O)c1. The van der Waals surface area contributed by atoms with E-state index in [0.29, 0.717) is 33.4 Å². The van der Waals surface area contributed by atoms with Crippen molar-refractivity contribution in [3.63, 3.8) is 0 Å². The number of nitrogens with one attached hydrogen (secondary N) is 1. The van der Waals surface area contributed by atoms with Crippen LogP contribution in [0.15, 0.2) is 82.7 Å². The fourth-order valence-corrected chi connectivity index (χ4v) is 4.54. The number of fused-ring (bicyclic) bond motifs is 3. The number of ether oxygens (including phenoxy) is 1. The fraction of sp³-hybridized carbons (Fsp3) is 0.0833. The van der Waals surface area contributed by atoms with E-state index in [1.165, 1.54) is 23.9 Å². The maximum Gasteiger partial charge on any atom is 0.283 e. The first-order valence-electron chi connectivity index (χ1n) is 9.69. The van der Waals surface area contributed by atoms with E-state index in [4.69, 9.17) is 9.72 Å². The smallest absolute Gasteiger partial charge is 0.283 e. The van der Waals surface area contributed by atoms with Gasteiger partial charge in [0.2, 0.25) is 0 Å². The highest BCUT2D eigenvalue weighted by Crippen LogP contribution is 2.29. The molecule has 5 nitrogen and oxygen atoms in total. The lowest BCUT2D eigenvalue weighted by molar-refractivity contribution is 0.414. The van der Waals surface area contributed by atoms with E-state index in [0.717, 1.165) is 16.5 Å². The summed E-state index contributed by atoms with van der Waals surface area (Å²) in [7, 11) is 1.58. The standard InChI is InChI=1S/C24H18FN3O2S/c1-30-18-9-5-8-17(13-18)28-23(29)22-21(19-10-2-3-11-20(19)26-22)27-24(28)31-14-15-6-4-7-16(25)12-15/h2-13,26H,14H2,1H3. The van der Waals surface area contributed by atoms with Gasteiger partial charge < -0.3 is 9.72 Å². The molecule has 0 aliphatic rings. The van der Waals surface area contributed by atoms with Gasteiger partial charge in [-0.05, 0) is 35.9 Å². The summed E-state index contributed by atoms with van der Waals surface area (Å²) in [5.74, 6) is 0.827. The molecule has 2 heterocycles. The Bertz CT molecular complexity index is 1480. The zero-order valence-electron chi connectivity index (χ0n) is 16.6. The van der Waals surface area contributed by atoms with E-state index >= 15 is 0 Å². The van der Waals surface area contributed by atoms with Crippen LogP contribution in [0.1, 0.15) is 5.56 Å². The van der Waals surface area contributed by atoms with Gasteiger partial charge in [0, 0.05) is 22.7 Å². The Morgan fingerprint density at radius 3 is 2.74 bits per heavy atom. The number of para-hydroxylation sites is 1. The van der Waals surface area contributed by atoms with Gasteiger partial charge in [-0.2, -0.15) is 0 Å². The highest BCUT2D eigenvalue weighted by atomic mass is 32.2.